The van der Waals surface area contributed by atoms with Crippen molar-refractivity contribution >= 4 is 12.0 Å². The lowest BCUT2D eigenvalue weighted by molar-refractivity contribution is -0.121. The zero-order valence-electron chi connectivity index (χ0n) is 19.3. The Balaban J connectivity index is 1.64. The topological polar surface area (TPSA) is 96.7 Å². The van der Waals surface area contributed by atoms with Crippen molar-refractivity contribution in [1.82, 2.24) is 20.0 Å². The average molecular weight is 435 g/mol. The summed E-state index contributed by atoms with van der Waals surface area (Å²) in [6.45, 7) is 8.73. The van der Waals surface area contributed by atoms with Crippen LogP contribution >= 0.6 is 0 Å². The van der Waals surface area contributed by atoms with Crippen molar-refractivity contribution < 1.29 is 19.4 Å². The Labute approximate surface area is 185 Å². The van der Waals surface area contributed by atoms with Crippen molar-refractivity contribution in [2.24, 2.45) is 5.41 Å². The molecule has 0 spiro atoms. The molecule has 0 bridgehead atoms. The number of aryl methyl sites for hydroxylation is 1. The second-order valence-corrected chi connectivity index (χ2v) is 10.2. The molecule has 1 saturated carbocycles. The number of nitrogens with zero attached hydrogens (tertiary/aromatic N) is 3. The number of amides is 2. The third-order valence-electron chi connectivity index (χ3n) is 6.62. The van der Waals surface area contributed by atoms with Crippen LogP contribution in [0.15, 0.2) is 18.5 Å². The molecule has 174 valence electrons. The zero-order chi connectivity index (χ0) is 22.6. The minimum atomic E-state index is -0.598. The fraction of sp³-hybridized carbons (Fsp3) is 0.783. The van der Waals surface area contributed by atoms with Crippen molar-refractivity contribution in [1.29, 1.82) is 0 Å². The minimum Gasteiger partial charge on any atom is -0.444 e. The molecule has 8 nitrogen and oxygen atoms in total. The summed E-state index contributed by atoms with van der Waals surface area (Å²) in [6.07, 6.45) is 8.10. The smallest absolute Gasteiger partial charge is 0.410 e. The molecule has 3 rings (SSSR count). The monoisotopic (exact) mass is 434 g/mol. The van der Waals surface area contributed by atoms with E-state index in [4.69, 9.17) is 4.74 Å². The van der Waals surface area contributed by atoms with Gasteiger partial charge in [0.1, 0.15) is 5.60 Å². The molecular formula is C23H38N4O4. The van der Waals surface area contributed by atoms with Crippen LogP contribution in [-0.4, -0.2) is 62.1 Å². The molecule has 2 amide bonds. The van der Waals surface area contributed by atoms with Gasteiger partial charge < -0.3 is 15.2 Å². The SMILES string of the molecule is CC(C)(C)OC(=O)N1[C@@H](CNC(=O)CCCn2cccn2)C[C@@]2(C)[C@@H](O)CCCC[C@@H]12. The molecule has 2 fully saturated rings. The highest BCUT2D eigenvalue weighted by molar-refractivity contribution is 5.76. The number of ether oxygens (including phenoxy) is 1. The van der Waals surface area contributed by atoms with Crippen LogP contribution in [0.3, 0.4) is 0 Å². The van der Waals surface area contributed by atoms with E-state index in [1.165, 1.54) is 0 Å². The Kier molecular flexibility index (Phi) is 7.29. The number of nitrogens with one attached hydrogen (secondary N) is 1. The molecule has 0 unspecified atom stereocenters. The first-order valence-corrected chi connectivity index (χ1v) is 11.5. The lowest BCUT2D eigenvalue weighted by Crippen LogP contribution is -2.50. The molecule has 2 N–H and O–H groups in total. The quantitative estimate of drug-likeness (QED) is 0.717. The van der Waals surface area contributed by atoms with E-state index >= 15 is 0 Å². The predicted octanol–water partition coefficient (Wildman–Crippen LogP) is 3.10. The van der Waals surface area contributed by atoms with Crippen LogP contribution in [0.2, 0.25) is 0 Å². The molecule has 31 heavy (non-hydrogen) atoms. The van der Waals surface area contributed by atoms with Crippen molar-refractivity contribution in [3.63, 3.8) is 0 Å². The van der Waals surface area contributed by atoms with Gasteiger partial charge in [-0.2, -0.15) is 5.10 Å². The number of carbonyl (C=O) groups excluding carboxylic acids is 2. The van der Waals surface area contributed by atoms with E-state index in [2.05, 4.69) is 17.3 Å². The van der Waals surface area contributed by atoms with Crippen LogP contribution in [0.4, 0.5) is 4.79 Å². The summed E-state index contributed by atoms with van der Waals surface area (Å²) in [6, 6.07) is 1.59. The molecule has 0 aromatic carbocycles. The van der Waals surface area contributed by atoms with Gasteiger partial charge in [-0.1, -0.05) is 19.8 Å². The zero-order valence-corrected chi connectivity index (χ0v) is 19.3. The Morgan fingerprint density at radius 2 is 2.03 bits per heavy atom. The van der Waals surface area contributed by atoms with Gasteiger partial charge in [0, 0.05) is 43.4 Å². The number of carbonyl (C=O) groups is 2. The lowest BCUT2D eigenvalue weighted by Gasteiger charge is -2.37. The molecule has 1 aliphatic heterocycles. The van der Waals surface area contributed by atoms with E-state index in [9.17, 15) is 14.7 Å². The first kappa shape index (κ1) is 23.6. The summed E-state index contributed by atoms with van der Waals surface area (Å²) < 4.78 is 7.53. The van der Waals surface area contributed by atoms with Crippen LogP contribution in [0, 0.1) is 5.41 Å². The summed E-state index contributed by atoms with van der Waals surface area (Å²) in [5.74, 6) is -0.0332. The van der Waals surface area contributed by atoms with Gasteiger partial charge >= 0.3 is 6.09 Å². The molecule has 2 heterocycles. The molecule has 4 atom stereocenters. The van der Waals surface area contributed by atoms with Crippen molar-refractivity contribution in [2.45, 2.75) is 103 Å². The lowest BCUT2D eigenvalue weighted by atomic mass is 9.75. The van der Waals surface area contributed by atoms with E-state index in [1.54, 1.807) is 6.20 Å². The molecule has 1 aromatic rings. The van der Waals surface area contributed by atoms with Gasteiger partial charge in [-0.25, -0.2) is 4.79 Å². The first-order valence-electron chi connectivity index (χ1n) is 11.5. The fourth-order valence-corrected chi connectivity index (χ4v) is 5.06. The number of fused-ring (bicyclic) bond motifs is 1. The summed E-state index contributed by atoms with van der Waals surface area (Å²) in [5, 5.41) is 18.0. The summed E-state index contributed by atoms with van der Waals surface area (Å²) in [5.41, 5.74) is -0.984. The van der Waals surface area contributed by atoms with E-state index in [0.717, 1.165) is 25.7 Å². The highest BCUT2D eigenvalue weighted by atomic mass is 16.6. The highest BCUT2D eigenvalue weighted by Gasteiger charge is 2.55. The maximum atomic E-state index is 13.1. The van der Waals surface area contributed by atoms with Crippen molar-refractivity contribution in [3.05, 3.63) is 18.5 Å². The van der Waals surface area contributed by atoms with Crippen LogP contribution < -0.4 is 5.32 Å². The Morgan fingerprint density at radius 1 is 1.29 bits per heavy atom. The number of likely N-dealkylation sites (tertiary alicyclic amines) is 1. The van der Waals surface area contributed by atoms with Crippen LogP contribution in [0.1, 0.15) is 72.6 Å². The fourth-order valence-electron chi connectivity index (χ4n) is 5.06. The molecular weight excluding hydrogens is 396 g/mol. The standard InChI is InChI=1S/C23H38N4O4/c1-22(2,3)31-21(30)27-17(15-23(4)18(27)9-5-6-10-19(23)28)16-24-20(29)11-7-13-26-14-8-12-25-26/h8,12,14,17-19,28H,5-7,9-11,13,15-16H2,1-4H3,(H,24,29)/t17-,18-,19+,23-/m1/s1. The molecule has 1 aromatic heterocycles. The second-order valence-electron chi connectivity index (χ2n) is 10.2. The van der Waals surface area contributed by atoms with E-state index in [1.807, 2.05) is 42.6 Å². The van der Waals surface area contributed by atoms with Crippen LogP contribution in [-0.2, 0) is 16.1 Å². The van der Waals surface area contributed by atoms with Gasteiger partial charge in [0.25, 0.3) is 0 Å². The number of aliphatic hydroxyl groups is 1. The predicted molar refractivity (Wildman–Crippen MR) is 117 cm³/mol. The van der Waals surface area contributed by atoms with Crippen molar-refractivity contribution in [2.75, 3.05) is 6.54 Å². The summed E-state index contributed by atoms with van der Waals surface area (Å²) in [4.78, 5) is 27.4. The largest absolute Gasteiger partial charge is 0.444 e. The number of hydrogen-bond acceptors (Lipinski definition) is 5. The summed E-state index contributed by atoms with van der Waals surface area (Å²) in [7, 11) is 0. The molecule has 1 saturated heterocycles. The van der Waals surface area contributed by atoms with Gasteiger partial charge in [0.15, 0.2) is 0 Å². The summed E-state index contributed by atoms with van der Waals surface area (Å²) >= 11 is 0. The van der Waals surface area contributed by atoms with Crippen molar-refractivity contribution in [3.8, 4) is 0 Å². The van der Waals surface area contributed by atoms with Crippen LogP contribution in [0.25, 0.3) is 0 Å². The first-order chi connectivity index (χ1) is 14.6. The average Bonchev–Trinajstić information content (AvgIpc) is 3.25. The number of aliphatic hydroxyl groups excluding tert-OH is 1. The van der Waals surface area contributed by atoms with Gasteiger partial charge in [-0.15, -0.1) is 0 Å². The third-order valence-corrected chi connectivity index (χ3v) is 6.62. The number of rotatable bonds is 6. The normalized spacial score (nSPS) is 28.7. The Hall–Kier alpha value is -2.09. The highest BCUT2D eigenvalue weighted by Crippen LogP contribution is 2.48. The number of hydrogen-bond donors (Lipinski definition) is 2. The van der Waals surface area contributed by atoms with E-state index in [-0.39, 0.29) is 29.5 Å². The Morgan fingerprint density at radius 3 is 2.71 bits per heavy atom. The van der Waals surface area contributed by atoms with Gasteiger partial charge in [-0.3, -0.25) is 14.4 Å². The second kappa shape index (κ2) is 9.59. The molecule has 0 radical (unpaired) electrons. The number of aromatic nitrogens is 2. The van der Waals surface area contributed by atoms with Gasteiger partial charge in [0.05, 0.1) is 12.1 Å². The minimum absolute atomic E-state index is 0.0332. The third kappa shape index (κ3) is 5.79. The molecule has 8 heteroatoms. The maximum Gasteiger partial charge on any atom is 0.410 e. The molecule has 1 aliphatic carbocycles. The maximum absolute atomic E-state index is 13.1. The van der Waals surface area contributed by atoms with Gasteiger partial charge in [0.2, 0.25) is 5.91 Å². The molecule has 2 aliphatic rings. The Bertz CT molecular complexity index is 745. The van der Waals surface area contributed by atoms with E-state index in [0.29, 0.717) is 32.4 Å². The van der Waals surface area contributed by atoms with Gasteiger partial charge in [-0.05, 0) is 52.5 Å². The van der Waals surface area contributed by atoms with E-state index < -0.39 is 11.7 Å². The van der Waals surface area contributed by atoms with Crippen LogP contribution in [0.5, 0.6) is 0 Å².